The lowest BCUT2D eigenvalue weighted by molar-refractivity contribution is 0.0994. The Labute approximate surface area is 240 Å². The lowest BCUT2D eigenvalue weighted by Crippen LogP contribution is -2.23. The number of H-pyrrole nitrogens is 1. The third-order valence-electron chi connectivity index (χ3n) is 7.09. The van der Waals surface area contributed by atoms with Crippen molar-refractivity contribution in [3.05, 3.63) is 95.6 Å². The van der Waals surface area contributed by atoms with Crippen molar-refractivity contribution >= 4 is 45.9 Å². The number of nitrogens with one attached hydrogen (secondary N) is 5. The number of nitrogens with zero attached hydrogens (tertiary/aromatic N) is 4. The van der Waals surface area contributed by atoms with Gasteiger partial charge in [-0.3, -0.25) is 15.0 Å². The summed E-state index contributed by atoms with van der Waals surface area (Å²) in [6, 6.07) is 11.0. The zero-order valence-electron chi connectivity index (χ0n) is 23.1. The third kappa shape index (κ3) is 4.74. The number of rotatable bonds is 7. The first kappa shape index (κ1) is 26.4. The van der Waals surface area contributed by atoms with Crippen LogP contribution < -0.4 is 20.9 Å². The minimum atomic E-state index is -0.420. The molecule has 2 amide bonds. The topological polar surface area (TPSA) is 165 Å². The monoisotopic (exact) mass is 561 g/mol. The molecule has 0 atom stereocenters. The number of aryl methyl sites for hydroxylation is 1. The number of carbonyl (C=O) groups excluding carboxylic acids is 2. The molecule has 3 aromatic heterocycles. The molecule has 0 fully saturated rings. The van der Waals surface area contributed by atoms with Crippen molar-refractivity contribution in [2.24, 2.45) is 0 Å². The average molecular weight is 562 g/mol. The molecule has 12 heteroatoms. The molecule has 0 unspecified atom stereocenters. The predicted octanol–water partition coefficient (Wildman–Crippen LogP) is 4.85. The van der Waals surface area contributed by atoms with Crippen LogP contribution in [0.4, 0.5) is 17.3 Å². The largest absolute Gasteiger partial charge is 0.451 e. The zero-order valence-corrected chi connectivity index (χ0v) is 23.1. The summed E-state index contributed by atoms with van der Waals surface area (Å²) in [5.74, 6) is -0.130. The van der Waals surface area contributed by atoms with Crippen LogP contribution in [-0.2, 0) is 6.54 Å². The van der Waals surface area contributed by atoms with E-state index in [2.05, 4.69) is 30.9 Å². The number of hydrogen-bond acceptors (Lipinski definition) is 8. The highest BCUT2D eigenvalue weighted by Gasteiger charge is 2.32. The number of hydrogen-bond donors (Lipinski definition) is 5. The van der Waals surface area contributed by atoms with E-state index in [1.54, 1.807) is 42.4 Å². The van der Waals surface area contributed by atoms with Crippen LogP contribution in [0, 0.1) is 12.3 Å². The number of para-hydroxylation sites is 1. The molecule has 1 aliphatic heterocycles. The van der Waals surface area contributed by atoms with Gasteiger partial charge >= 0.3 is 0 Å². The molecule has 12 nitrogen and oxygen atoms in total. The fourth-order valence-electron chi connectivity index (χ4n) is 4.93. The molecule has 5 aromatic rings. The number of oxazole rings is 1. The van der Waals surface area contributed by atoms with Gasteiger partial charge in [-0.2, -0.15) is 0 Å². The van der Waals surface area contributed by atoms with Crippen LogP contribution in [0.5, 0.6) is 0 Å². The second kappa shape index (κ2) is 10.7. The highest BCUT2D eigenvalue weighted by atomic mass is 16.3. The average Bonchev–Trinajstić information content (AvgIpc) is 3.74. The Morgan fingerprint density at radius 2 is 1.98 bits per heavy atom. The first-order valence-corrected chi connectivity index (χ1v) is 13.1. The molecule has 0 bridgehead atoms. The first-order chi connectivity index (χ1) is 20.3. The van der Waals surface area contributed by atoms with Gasteiger partial charge in [0, 0.05) is 52.9 Å². The number of anilines is 3. The number of allylic oxidation sites excluding steroid dienone is 1. The fourth-order valence-corrected chi connectivity index (χ4v) is 4.93. The van der Waals surface area contributed by atoms with Crippen molar-refractivity contribution in [3.63, 3.8) is 0 Å². The van der Waals surface area contributed by atoms with Crippen LogP contribution in [0.15, 0.2) is 77.6 Å². The normalized spacial score (nSPS) is 12.9. The van der Waals surface area contributed by atoms with E-state index in [0.717, 1.165) is 33.3 Å². The summed E-state index contributed by atoms with van der Waals surface area (Å²) in [4.78, 5) is 44.2. The van der Waals surface area contributed by atoms with E-state index in [4.69, 9.17) is 14.8 Å². The summed E-state index contributed by atoms with van der Waals surface area (Å²) in [6.07, 6.45) is 7.68. The number of amidine groups is 1. The number of fused-ring (bicyclic) bond motifs is 2. The molecular weight excluding hydrogens is 534 g/mol. The van der Waals surface area contributed by atoms with E-state index in [0.29, 0.717) is 28.6 Å². The summed E-state index contributed by atoms with van der Waals surface area (Å²) in [7, 11) is 1.79. The van der Waals surface area contributed by atoms with Crippen molar-refractivity contribution in [1.82, 2.24) is 25.3 Å². The Hall–Kier alpha value is -5.78. The molecule has 0 saturated heterocycles. The van der Waals surface area contributed by atoms with Gasteiger partial charge in [0.2, 0.25) is 5.95 Å². The van der Waals surface area contributed by atoms with Gasteiger partial charge in [0.15, 0.2) is 12.1 Å². The molecule has 2 aromatic carbocycles. The molecule has 0 spiro atoms. The number of amides is 2. The minimum absolute atomic E-state index is 0.150. The third-order valence-corrected chi connectivity index (χ3v) is 7.09. The lowest BCUT2D eigenvalue weighted by atomic mass is 10.1. The summed E-state index contributed by atoms with van der Waals surface area (Å²) in [5.41, 5.74) is 6.63. The Bertz CT molecular complexity index is 1890. The Kier molecular flexibility index (Phi) is 6.71. The van der Waals surface area contributed by atoms with E-state index in [-0.39, 0.29) is 24.0 Å². The Balaban J connectivity index is 1.32. The molecule has 0 saturated carbocycles. The van der Waals surface area contributed by atoms with Crippen LogP contribution >= 0.6 is 0 Å². The van der Waals surface area contributed by atoms with Crippen molar-refractivity contribution in [2.45, 2.75) is 20.4 Å². The van der Waals surface area contributed by atoms with Gasteiger partial charge in [0.1, 0.15) is 12.1 Å². The van der Waals surface area contributed by atoms with Gasteiger partial charge < -0.3 is 30.3 Å². The maximum atomic E-state index is 13.6. The Morgan fingerprint density at radius 1 is 1.14 bits per heavy atom. The highest BCUT2D eigenvalue weighted by molar-refractivity contribution is 6.16. The van der Waals surface area contributed by atoms with Gasteiger partial charge in [-0.15, -0.1) is 0 Å². The summed E-state index contributed by atoms with van der Waals surface area (Å²) in [6.45, 7) is 4.06. The van der Waals surface area contributed by atoms with E-state index in [1.807, 2.05) is 38.2 Å². The van der Waals surface area contributed by atoms with E-state index < -0.39 is 5.91 Å². The second-order valence-electron chi connectivity index (χ2n) is 9.79. The Morgan fingerprint density at radius 3 is 2.76 bits per heavy atom. The number of carbonyl (C=O) groups is 2. The fraction of sp³-hybridized carbons (Fsp3) is 0.133. The molecular formula is C30H27N9O3. The number of aromatic nitrogens is 4. The summed E-state index contributed by atoms with van der Waals surface area (Å²) in [5, 5.41) is 17.8. The molecule has 1 aliphatic rings. The molecule has 0 radical (unpaired) electrons. The zero-order chi connectivity index (χ0) is 29.4. The van der Waals surface area contributed by atoms with Crippen molar-refractivity contribution in [2.75, 3.05) is 22.6 Å². The maximum Gasteiger partial charge on any atom is 0.277 e. The van der Waals surface area contributed by atoms with Crippen molar-refractivity contribution in [1.29, 1.82) is 5.41 Å². The van der Waals surface area contributed by atoms with Crippen LogP contribution in [-0.4, -0.2) is 44.6 Å². The van der Waals surface area contributed by atoms with E-state index in [1.165, 1.54) is 12.7 Å². The van der Waals surface area contributed by atoms with Gasteiger partial charge in [0.05, 0.1) is 23.4 Å². The molecule has 42 heavy (non-hydrogen) atoms. The lowest BCUT2D eigenvalue weighted by Gasteiger charge is -2.17. The highest BCUT2D eigenvalue weighted by Crippen LogP contribution is 2.39. The maximum absolute atomic E-state index is 13.6. The van der Waals surface area contributed by atoms with Crippen LogP contribution in [0.3, 0.4) is 0 Å². The van der Waals surface area contributed by atoms with Gasteiger partial charge in [-0.1, -0.05) is 18.2 Å². The van der Waals surface area contributed by atoms with Crippen LogP contribution in [0.1, 0.15) is 38.9 Å². The van der Waals surface area contributed by atoms with Crippen molar-refractivity contribution in [3.8, 4) is 11.3 Å². The smallest absolute Gasteiger partial charge is 0.277 e. The number of benzene rings is 2. The van der Waals surface area contributed by atoms with E-state index in [9.17, 15) is 9.59 Å². The van der Waals surface area contributed by atoms with Crippen LogP contribution in [0.2, 0.25) is 0 Å². The van der Waals surface area contributed by atoms with Crippen LogP contribution in [0.25, 0.3) is 22.2 Å². The van der Waals surface area contributed by atoms with Gasteiger partial charge in [-0.25, -0.2) is 15.0 Å². The number of aromatic amines is 1. The summed E-state index contributed by atoms with van der Waals surface area (Å²) >= 11 is 0. The van der Waals surface area contributed by atoms with E-state index >= 15 is 0 Å². The van der Waals surface area contributed by atoms with Crippen molar-refractivity contribution < 1.29 is 14.0 Å². The molecule has 4 heterocycles. The molecule has 5 N–H and O–H groups in total. The first-order valence-electron chi connectivity index (χ1n) is 13.1. The molecule has 0 aliphatic carbocycles. The second-order valence-corrected chi connectivity index (χ2v) is 9.79. The van der Waals surface area contributed by atoms with Gasteiger partial charge in [0.25, 0.3) is 11.8 Å². The van der Waals surface area contributed by atoms with Gasteiger partial charge in [-0.05, 0) is 43.7 Å². The minimum Gasteiger partial charge on any atom is -0.451 e. The summed E-state index contributed by atoms with van der Waals surface area (Å²) < 4.78 is 4.92. The predicted molar refractivity (Wildman–Crippen MR) is 160 cm³/mol. The SMILES string of the molecule is CN/C(C)=C\C(=N)Nc1ncc(C)c(-c2c[nH]c3c(N4Cc5c(NC(=O)c6cocn6)cccc5C4=O)cccc23)n1. The molecule has 210 valence electrons. The molecule has 6 rings (SSSR count). The quantitative estimate of drug-likeness (QED) is 0.139. The standard InChI is InChI=1S/C30H27N9O3/c1-16-11-34-30(37-25(31)10-17(2)32-3)38-26(16)20-12-33-27-18(20)6-5-9-24(27)39-13-21-19(29(39)41)7-4-8-22(21)36-28(40)23-14-42-15-35-23/h4-12,14-15,32-33H,13H2,1-3H3,(H,36,40)(H2,31,34,37,38)/b17-10-.